The first kappa shape index (κ1) is 16.0. The van der Waals surface area contributed by atoms with E-state index < -0.39 is 0 Å². The summed E-state index contributed by atoms with van der Waals surface area (Å²) in [6, 6.07) is 12.5. The highest BCUT2D eigenvalue weighted by Gasteiger charge is 2.17. The molecule has 24 heavy (non-hydrogen) atoms. The van der Waals surface area contributed by atoms with Crippen molar-refractivity contribution in [2.45, 2.75) is 13.0 Å². The van der Waals surface area contributed by atoms with Crippen molar-refractivity contribution < 1.29 is 23.7 Å². The molecule has 2 aromatic carbocycles. The van der Waals surface area contributed by atoms with Gasteiger partial charge in [-0.15, -0.1) is 0 Å². The minimum atomic E-state index is -0.198. The van der Waals surface area contributed by atoms with E-state index in [1.807, 2.05) is 25.1 Å². The molecule has 1 N–H and O–H groups in total. The van der Waals surface area contributed by atoms with Crippen LogP contribution in [0.4, 0.5) is 0 Å². The van der Waals surface area contributed by atoms with Gasteiger partial charge >= 0.3 is 0 Å². The summed E-state index contributed by atoms with van der Waals surface area (Å²) >= 11 is 0. The number of rotatable bonds is 6. The van der Waals surface area contributed by atoms with Gasteiger partial charge in [-0.1, -0.05) is 6.07 Å². The fourth-order valence-electron chi connectivity index (χ4n) is 2.37. The summed E-state index contributed by atoms with van der Waals surface area (Å²) in [5.74, 6) is 2.57. The first-order valence-corrected chi connectivity index (χ1v) is 7.61. The highest BCUT2D eigenvalue weighted by Crippen LogP contribution is 2.34. The summed E-state index contributed by atoms with van der Waals surface area (Å²) < 4.78 is 21.2. The van der Waals surface area contributed by atoms with Gasteiger partial charge in [0.05, 0.1) is 13.2 Å². The molecule has 1 amide bonds. The predicted molar refractivity (Wildman–Crippen MR) is 87.6 cm³/mol. The van der Waals surface area contributed by atoms with E-state index in [-0.39, 0.29) is 25.3 Å². The first-order chi connectivity index (χ1) is 11.7. The number of carbonyl (C=O) groups is 1. The Morgan fingerprint density at radius 2 is 1.83 bits per heavy atom. The molecule has 0 bridgehead atoms. The van der Waals surface area contributed by atoms with E-state index in [1.54, 1.807) is 31.4 Å². The van der Waals surface area contributed by atoms with Gasteiger partial charge in [0.15, 0.2) is 18.1 Å². The molecule has 0 saturated carbocycles. The van der Waals surface area contributed by atoms with Crippen LogP contribution < -0.4 is 24.3 Å². The Balaban J connectivity index is 1.52. The Hall–Kier alpha value is -2.89. The molecular weight excluding hydrogens is 310 g/mol. The summed E-state index contributed by atoms with van der Waals surface area (Å²) in [6.07, 6.45) is 0. The number of fused-ring (bicyclic) bond motifs is 1. The highest BCUT2D eigenvalue weighted by atomic mass is 16.7. The van der Waals surface area contributed by atoms with Gasteiger partial charge < -0.3 is 24.3 Å². The van der Waals surface area contributed by atoms with Crippen molar-refractivity contribution in [2.24, 2.45) is 0 Å². The molecular formula is C18H19NO5. The Morgan fingerprint density at radius 1 is 1.12 bits per heavy atom. The second kappa shape index (κ2) is 7.12. The maximum Gasteiger partial charge on any atom is 0.258 e. The van der Waals surface area contributed by atoms with Crippen LogP contribution in [-0.2, 0) is 4.79 Å². The fraction of sp³-hybridized carbons (Fsp3) is 0.278. The van der Waals surface area contributed by atoms with E-state index >= 15 is 0 Å². The zero-order valence-electron chi connectivity index (χ0n) is 13.6. The molecule has 1 atom stereocenters. The molecule has 6 heteroatoms. The molecule has 0 saturated heterocycles. The van der Waals surface area contributed by atoms with Gasteiger partial charge in [-0.3, -0.25) is 4.79 Å². The lowest BCUT2D eigenvalue weighted by molar-refractivity contribution is -0.123. The number of ether oxygens (including phenoxy) is 4. The molecule has 1 aliphatic rings. The summed E-state index contributed by atoms with van der Waals surface area (Å²) in [5, 5.41) is 2.90. The Kier molecular flexibility index (Phi) is 4.74. The Morgan fingerprint density at radius 3 is 2.58 bits per heavy atom. The number of hydrogen-bond donors (Lipinski definition) is 1. The second-order valence-electron chi connectivity index (χ2n) is 5.37. The normalized spacial score (nSPS) is 13.2. The van der Waals surface area contributed by atoms with Crippen molar-refractivity contribution in [2.75, 3.05) is 20.5 Å². The average molecular weight is 329 g/mol. The maximum atomic E-state index is 12.0. The molecule has 6 nitrogen and oxygen atoms in total. The summed E-state index contributed by atoms with van der Waals surface area (Å²) in [4.78, 5) is 12.0. The quantitative estimate of drug-likeness (QED) is 0.882. The van der Waals surface area contributed by atoms with E-state index in [4.69, 9.17) is 18.9 Å². The van der Waals surface area contributed by atoms with Crippen molar-refractivity contribution in [1.82, 2.24) is 5.32 Å². The number of hydrogen-bond acceptors (Lipinski definition) is 5. The summed E-state index contributed by atoms with van der Waals surface area (Å²) in [7, 11) is 1.60. The predicted octanol–water partition coefficient (Wildman–Crippen LogP) is 2.68. The number of carbonyl (C=O) groups excluding carboxylic acids is 1. The smallest absolute Gasteiger partial charge is 0.258 e. The molecule has 0 spiro atoms. The molecule has 3 rings (SSSR count). The second-order valence-corrected chi connectivity index (χ2v) is 5.37. The standard InChI is InChI=1S/C18H19NO5/c1-12(13-3-8-16-17(9-13)24-11-23-16)19-18(20)10-22-15-6-4-14(21-2)5-7-15/h3-9,12H,10-11H2,1-2H3,(H,19,20). The van der Waals surface area contributed by atoms with Crippen LogP contribution >= 0.6 is 0 Å². The van der Waals surface area contributed by atoms with Crippen LogP contribution in [0.25, 0.3) is 0 Å². The lowest BCUT2D eigenvalue weighted by Crippen LogP contribution is -2.31. The van der Waals surface area contributed by atoms with Crippen LogP contribution in [0.2, 0.25) is 0 Å². The van der Waals surface area contributed by atoms with Gasteiger partial charge in [-0.2, -0.15) is 0 Å². The molecule has 1 aliphatic heterocycles. The molecule has 126 valence electrons. The van der Waals surface area contributed by atoms with Gasteiger partial charge in [0.2, 0.25) is 6.79 Å². The minimum Gasteiger partial charge on any atom is -0.497 e. The van der Waals surface area contributed by atoms with Gasteiger partial charge in [-0.25, -0.2) is 0 Å². The fourth-order valence-corrected chi connectivity index (χ4v) is 2.37. The van der Waals surface area contributed by atoms with Crippen LogP contribution in [0.3, 0.4) is 0 Å². The third kappa shape index (κ3) is 3.71. The summed E-state index contributed by atoms with van der Waals surface area (Å²) in [6.45, 7) is 2.08. The van der Waals surface area contributed by atoms with Crippen molar-refractivity contribution >= 4 is 5.91 Å². The minimum absolute atomic E-state index is 0.0543. The SMILES string of the molecule is COc1ccc(OCC(=O)NC(C)c2ccc3c(c2)OCO3)cc1. The van der Waals surface area contributed by atoms with Crippen LogP contribution in [0.1, 0.15) is 18.5 Å². The summed E-state index contributed by atoms with van der Waals surface area (Å²) in [5.41, 5.74) is 0.942. The Bertz CT molecular complexity index is 714. The highest BCUT2D eigenvalue weighted by molar-refractivity contribution is 5.78. The van der Waals surface area contributed by atoms with Crippen LogP contribution in [0, 0.1) is 0 Å². The zero-order valence-corrected chi connectivity index (χ0v) is 13.6. The van der Waals surface area contributed by atoms with Crippen LogP contribution in [-0.4, -0.2) is 26.4 Å². The lowest BCUT2D eigenvalue weighted by atomic mass is 10.1. The molecule has 0 radical (unpaired) electrons. The number of methoxy groups -OCH3 is 1. The molecule has 2 aromatic rings. The Labute approximate surface area is 140 Å². The van der Waals surface area contributed by atoms with E-state index in [0.717, 1.165) is 17.1 Å². The topological polar surface area (TPSA) is 66.0 Å². The number of benzene rings is 2. The monoisotopic (exact) mass is 329 g/mol. The maximum absolute atomic E-state index is 12.0. The van der Waals surface area contributed by atoms with E-state index in [1.165, 1.54) is 0 Å². The largest absolute Gasteiger partial charge is 0.497 e. The zero-order chi connectivity index (χ0) is 16.9. The van der Waals surface area contributed by atoms with E-state index in [2.05, 4.69) is 5.32 Å². The lowest BCUT2D eigenvalue weighted by Gasteiger charge is -2.15. The number of amides is 1. The number of nitrogens with one attached hydrogen (secondary N) is 1. The molecule has 1 heterocycles. The molecule has 1 unspecified atom stereocenters. The van der Waals surface area contributed by atoms with Gasteiger partial charge in [0.25, 0.3) is 5.91 Å². The third-order valence-corrected chi connectivity index (χ3v) is 3.70. The van der Waals surface area contributed by atoms with Gasteiger partial charge in [0.1, 0.15) is 11.5 Å². The van der Waals surface area contributed by atoms with Crippen LogP contribution in [0.15, 0.2) is 42.5 Å². The van der Waals surface area contributed by atoms with Crippen molar-refractivity contribution in [1.29, 1.82) is 0 Å². The van der Waals surface area contributed by atoms with Crippen LogP contribution in [0.5, 0.6) is 23.0 Å². The van der Waals surface area contributed by atoms with E-state index in [0.29, 0.717) is 11.5 Å². The van der Waals surface area contributed by atoms with Gasteiger partial charge in [-0.05, 0) is 48.9 Å². The molecule has 0 aliphatic carbocycles. The van der Waals surface area contributed by atoms with Crippen molar-refractivity contribution in [3.05, 3.63) is 48.0 Å². The first-order valence-electron chi connectivity index (χ1n) is 7.61. The van der Waals surface area contributed by atoms with Crippen molar-refractivity contribution in [3.8, 4) is 23.0 Å². The molecule has 0 aromatic heterocycles. The van der Waals surface area contributed by atoms with Crippen molar-refractivity contribution in [3.63, 3.8) is 0 Å². The molecule has 0 fully saturated rings. The average Bonchev–Trinajstić information content (AvgIpc) is 3.08. The van der Waals surface area contributed by atoms with E-state index in [9.17, 15) is 4.79 Å². The third-order valence-electron chi connectivity index (χ3n) is 3.70. The van der Waals surface area contributed by atoms with Gasteiger partial charge in [0, 0.05) is 0 Å².